The number of nitrogens with one attached hydrogen (secondary N) is 2. The van der Waals surface area contributed by atoms with Crippen LogP contribution in [0.3, 0.4) is 0 Å². The summed E-state index contributed by atoms with van der Waals surface area (Å²) in [6.07, 6.45) is 6.25. The van der Waals surface area contributed by atoms with Gasteiger partial charge >= 0.3 is 0 Å². The maximum Gasteiger partial charge on any atom is 0.251 e. The lowest BCUT2D eigenvalue weighted by Gasteiger charge is -2.07. The third kappa shape index (κ3) is 4.93. The molecule has 0 radical (unpaired) electrons. The third-order valence-electron chi connectivity index (χ3n) is 3.50. The number of benzene rings is 1. The van der Waals surface area contributed by atoms with Gasteiger partial charge in [-0.25, -0.2) is 0 Å². The van der Waals surface area contributed by atoms with Crippen LogP contribution in [0.15, 0.2) is 24.3 Å². The summed E-state index contributed by atoms with van der Waals surface area (Å²) in [7, 11) is 0. The number of carbonyl (C=O) groups excluding carboxylic acids is 1. The Hall–Kier alpha value is -1.51. The normalized spacial score (nSPS) is 14.2. The number of carbonyl (C=O) groups is 1. The highest BCUT2D eigenvalue weighted by molar-refractivity contribution is 5.94. The quantitative estimate of drug-likeness (QED) is 0.703. The standard InChI is InChI=1S/C16H24N2O/c1-2-11-17-15-9-7-14(8-10-15)16(19)18-12-3-4-13-5-6-13/h7-10,13,17H,2-6,11-12H2,1H3,(H,18,19). The fraction of sp³-hybridized carbons (Fsp3) is 0.562. The molecule has 0 spiro atoms. The van der Waals surface area contributed by atoms with Crippen molar-refractivity contribution in [3.63, 3.8) is 0 Å². The Morgan fingerprint density at radius 2 is 1.95 bits per heavy atom. The molecule has 1 aliphatic rings. The van der Waals surface area contributed by atoms with Crippen LogP contribution in [0, 0.1) is 5.92 Å². The van der Waals surface area contributed by atoms with Gasteiger partial charge < -0.3 is 10.6 Å². The zero-order valence-corrected chi connectivity index (χ0v) is 11.7. The SMILES string of the molecule is CCCNc1ccc(C(=O)NCCCC2CC2)cc1. The van der Waals surface area contributed by atoms with Gasteiger partial charge in [0.05, 0.1) is 0 Å². The van der Waals surface area contributed by atoms with E-state index in [1.54, 1.807) is 0 Å². The van der Waals surface area contributed by atoms with Crippen molar-refractivity contribution in [1.82, 2.24) is 5.32 Å². The van der Waals surface area contributed by atoms with Gasteiger partial charge in [-0.15, -0.1) is 0 Å². The Kier molecular flexibility index (Phi) is 5.25. The van der Waals surface area contributed by atoms with E-state index in [1.165, 1.54) is 19.3 Å². The van der Waals surface area contributed by atoms with E-state index in [1.807, 2.05) is 24.3 Å². The number of amides is 1. The molecule has 1 fully saturated rings. The van der Waals surface area contributed by atoms with Crippen molar-refractivity contribution in [3.05, 3.63) is 29.8 Å². The molecular formula is C16H24N2O. The van der Waals surface area contributed by atoms with Crippen LogP contribution in [-0.4, -0.2) is 19.0 Å². The van der Waals surface area contributed by atoms with Gasteiger partial charge in [-0.1, -0.05) is 19.8 Å². The third-order valence-corrected chi connectivity index (χ3v) is 3.50. The molecule has 3 heteroatoms. The molecule has 1 amide bonds. The van der Waals surface area contributed by atoms with Crippen molar-refractivity contribution < 1.29 is 4.79 Å². The van der Waals surface area contributed by atoms with Crippen LogP contribution in [0.2, 0.25) is 0 Å². The number of hydrogen-bond donors (Lipinski definition) is 2. The lowest BCUT2D eigenvalue weighted by atomic mass is 10.2. The Balaban J connectivity index is 1.71. The predicted molar refractivity (Wildman–Crippen MR) is 79.5 cm³/mol. The van der Waals surface area contributed by atoms with Gasteiger partial charge in [-0.05, 0) is 49.4 Å². The second-order valence-corrected chi connectivity index (χ2v) is 5.35. The molecule has 3 nitrogen and oxygen atoms in total. The van der Waals surface area contributed by atoms with Crippen LogP contribution in [0.1, 0.15) is 49.4 Å². The summed E-state index contributed by atoms with van der Waals surface area (Å²) in [5.41, 5.74) is 1.82. The van der Waals surface area contributed by atoms with Gasteiger partial charge in [0.2, 0.25) is 0 Å². The zero-order chi connectivity index (χ0) is 13.5. The molecule has 0 aliphatic heterocycles. The second-order valence-electron chi connectivity index (χ2n) is 5.35. The van der Waals surface area contributed by atoms with E-state index in [4.69, 9.17) is 0 Å². The first-order valence-electron chi connectivity index (χ1n) is 7.41. The summed E-state index contributed by atoms with van der Waals surface area (Å²) in [5.74, 6) is 0.985. The molecule has 0 aromatic heterocycles. The van der Waals surface area contributed by atoms with Gasteiger partial charge in [0.1, 0.15) is 0 Å². The van der Waals surface area contributed by atoms with Gasteiger partial charge in [-0.2, -0.15) is 0 Å². The Morgan fingerprint density at radius 3 is 2.58 bits per heavy atom. The van der Waals surface area contributed by atoms with E-state index in [9.17, 15) is 4.79 Å². The van der Waals surface area contributed by atoms with Crippen LogP contribution in [-0.2, 0) is 0 Å². The molecule has 1 aliphatic carbocycles. The first-order valence-corrected chi connectivity index (χ1v) is 7.41. The van der Waals surface area contributed by atoms with Gasteiger partial charge in [0, 0.05) is 24.3 Å². The van der Waals surface area contributed by atoms with Gasteiger partial charge in [0.15, 0.2) is 0 Å². The van der Waals surface area contributed by atoms with Gasteiger partial charge in [0.25, 0.3) is 5.91 Å². The molecule has 1 aromatic carbocycles. The van der Waals surface area contributed by atoms with E-state index in [0.29, 0.717) is 0 Å². The minimum Gasteiger partial charge on any atom is -0.385 e. The summed E-state index contributed by atoms with van der Waals surface area (Å²) < 4.78 is 0. The summed E-state index contributed by atoms with van der Waals surface area (Å²) in [6.45, 7) is 3.90. The van der Waals surface area contributed by atoms with Crippen LogP contribution in [0.25, 0.3) is 0 Å². The first kappa shape index (κ1) is 13.9. The van der Waals surface area contributed by atoms with Crippen LogP contribution in [0.4, 0.5) is 5.69 Å². The minimum absolute atomic E-state index is 0.0397. The number of rotatable bonds is 8. The Labute approximate surface area is 115 Å². The summed E-state index contributed by atoms with van der Waals surface area (Å²) >= 11 is 0. The monoisotopic (exact) mass is 260 g/mol. The largest absolute Gasteiger partial charge is 0.385 e. The van der Waals surface area contributed by atoms with E-state index in [-0.39, 0.29) is 5.91 Å². The molecule has 2 N–H and O–H groups in total. The fourth-order valence-electron chi connectivity index (χ4n) is 2.11. The predicted octanol–water partition coefficient (Wildman–Crippen LogP) is 3.43. The number of hydrogen-bond acceptors (Lipinski definition) is 2. The first-order chi connectivity index (χ1) is 9.29. The van der Waals surface area contributed by atoms with E-state index in [0.717, 1.165) is 43.1 Å². The topological polar surface area (TPSA) is 41.1 Å². The smallest absolute Gasteiger partial charge is 0.251 e. The second kappa shape index (κ2) is 7.17. The van der Waals surface area contributed by atoms with E-state index < -0.39 is 0 Å². The molecule has 0 unspecified atom stereocenters. The molecular weight excluding hydrogens is 236 g/mol. The van der Waals surface area contributed by atoms with Gasteiger partial charge in [-0.3, -0.25) is 4.79 Å². The average molecular weight is 260 g/mol. The van der Waals surface area contributed by atoms with Crippen molar-refractivity contribution in [2.24, 2.45) is 5.92 Å². The zero-order valence-electron chi connectivity index (χ0n) is 11.7. The molecule has 0 bridgehead atoms. The maximum atomic E-state index is 11.9. The summed E-state index contributed by atoms with van der Waals surface area (Å²) in [6, 6.07) is 7.70. The molecule has 1 aromatic rings. The Bertz CT molecular complexity index is 396. The highest BCUT2D eigenvalue weighted by Gasteiger charge is 2.20. The number of anilines is 1. The van der Waals surface area contributed by atoms with E-state index in [2.05, 4.69) is 17.6 Å². The van der Waals surface area contributed by atoms with Crippen molar-refractivity contribution in [3.8, 4) is 0 Å². The minimum atomic E-state index is 0.0397. The highest BCUT2D eigenvalue weighted by atomic mass is 16.1. The summed E-state index contributed by atoms with van der Waals surface area (Å²) in [5, 5.41) is 6.29. The lowest BCUT2D eigenvalue weighted by Crippen LogP contribution is -2.24. The lowest BCUT2D eigenvalue weighted by molar-refractivity contribution is 0.0953. The molecule has 0 heterocycles. The van der Waals surface area contributed by atoms with Crippen molar-refractivity contribution in [2.75, 3.05) is 18.4 Å². The van der Waals surface area contributed by atoms with E-state index >= 15 is 0 Å². The van der Waals surface area contributed by atoms with Crippen LogP contribution >= 0.6 is 0 Å². The fourth-order valence-corrected chi connectivity index (χ4v) is 2.11. The van der Waals surface area contributed by atoms with Crippen LogP contribution in [0.5, 0.6) is 0 Å². The van der Waals surface area contributed by atoms with Crippen molar-refractivity contribution in [2.45, 2.75) is 39.0 Å². The van der Waals surface area contributed by atoms with Crippen molar-refractivity contribution in [1.29, 1.82) is 0 Å². The maximum absolute atomic E-state index is 11.9. The molecule has 104 valence electrons. The average Bonchev–Trinajstić information content (AvgIpc) is 3.26. The summed E-state index contributed by atoms with van der Waals surface area (Å²) in [4.78, 5) is 11.9. The van der Waals surface area contributed by atoms with Crippen LogP contribution < -0.4 is 10.6 Å². The molecule has 1 saturated carbocycles. The molecule has 19 heavy (non-hydrogen) atoms. The highest BCUT2D eigenvalue weighted by Crippen LogP contribution is 2.33. The molecule has 0 saturated heterocycles. The van der Waals surface area contributed by atoms with Crippen molar-refractivity contribution >= 4 is 11.6 Å². The molecule has 0 atom stereocenters. The molecule has 2 rings (SSSR count). The Morgan fingerprint density at radius 1 is 1.21 bits per heavy atom.